The van der Waals surface area contributed by atoms with Crippen LogP contribution < -0.4 is 0 Å². The Balaban J connectivity index is 2.08. The molecule has 1 heterocycles. The minimum atomic E-state index is -0.705. The summed E-state index contributed by atoms with van der Waals surface area (Å²) in [5.41, 5.74) is 4.74. The second-order valence-corrected chi connectivity index (χ2v) is 5.95. The Bertz CT molecular complexity index is 497. The zero-order chi connectivity index (χ0) is 14.5. The van der Waals surface area contributed by atoms with Crippen molar-refractivity contribution in [3.8, 4) is 0 Å². The van der Waals surface area contributed by atoms with E-state index in [-0.39, 0.29) is 0 Å². The van der Waals surface area contributed by atoms with E-state index in [1.165, 1.54) is 16.8 Å². The van der Waals surface area contributed by atoms with Crippen LogP contribution in [0.15, 0.2) is 35.3 Å². The molecule has 0 bridgehead atoms. The Morgan fingerprint density at radius 3 is 2.65 bits per heavy atom. The summed E-state index contributed by atoms with van der Waals surface area (Å²) in [6.07, 6.45) is 4.99. The molecular weight excluding hydrogens is 249 g/mol. The summed E-state index contributed by atoms with van der Waals surface area (Å²) in [6, 6.07) is 8.50. The Morgan fingerprint density at radius 1 is 1.30 bits per heavy atom. The van der Waals surface area contributed by atoms with Gasteiger partial charge in [0.1, 0.15) is 0 Å². The van der Waals surface area contributed by atoms with E-state index in [2.05, 4.69) is 44.2 Å². The van der Waals surface area contributed by atoms with E-state index in [0.29, 0.717) is 12.3 Å². The third-order valence-electron chi connectivity index (χ3n) is 3.69. The summed E-state index contributed by atoms with van der Waals surface area (Å²) in [7, 11) is 0. The van der Waals surface area contributed by atoms with E-state index >= 15 is 0 Å². The van der Waals surface area contributed by atoms with Gasteiger partial charge in [-0.25, -0.2) is 4.39 Å². The Morgan fingerprint density at radius 2 is 2.00 bits per heavy atom. The van der Waals surface area contributed by atoms with Gasteiger partial charge in [0.2, 0.25) is 0 Å². The van der Waals surface area contributed by atoms with Gasteiger partial charge in [-0.2, -0.15) is 0 Å². The molecule has 0 radical (unpaired) electrons. The molecule has 2 heteroatoms. The smallest absolute Gasteiger partial charge is 0.0973 e. The van der Waals surface area contributed by atoms with Gasteiger partial charge in [0.15, 0.2) is 0 Å². The van der Waals surface area contributed by atoms with Gasteiger partial charge in [-0.3, -0.25) is 4.99 Å². The normalized spacial score (nSPS) is 20.3. The van der Waals surface area contributed by atoms with Crippen LogP contribution in [0.5, 0.6) is 0 Å². The summed E-state index contributed by atoms with van der Waals surface area (Å²) in [5, 5.41) is 0. The first-order chi connectivity index (χ1) is 9.54. The lowest BCUT2D eigenvalue weighted by atomic mass is 9.94. The number of rotatable bonds is 5. The highest BCUT2D eigenvalue weighted by atomic mass is 19.1. The number of halogens is 1. The molecule has 0 aliphatic carbocycles. The van der Waals surface area contributed by atoms with Crippen LogP contribution in [0.4, 0.5) is 4.39 Å². The molecule has 0 saturated carbocycles. The molecule has 0 saturated heterocycles. The minimum Gasteiger partial charge on any atom is -0.258 e. The first-order valence-electron chi connectivity index (χ1n) is 7.54. The molecule has 108 valence electrons. The molecule has 2 rings (SSSR count). The lowest BCUT2D eigenvalue weighted by Crippen LogP contribution is -2.10. The lowest BCUT2D eigenvalue weighted by molar-refractivity contribution is 0.336. The number of hydrogen-bond donors (Lipinski definition) is 0. The maximum absolute atomic E-state index is 12.9. The largest absolute Gasteiger partial charge is 0.258 e. The van der Waals surface area contributed by atoms with Crippen LogP contribution in [0.25, 0.3) is 5.70 Å². The molecule has 0 amide bonds. The van der Waals surface area contributed by atoms with Gasteiger partial charge in [0, 0.05) is 5.71 Å². The average Bonchev–Trinajstić information content (AvgIpc) is 2.38. The zero-order valence-electron chi connectivity index (χ0n) is 12.7. The van der Waals surface area contributed by atoms with Gasteiger partial charge in [0.05, 0.1) is 11.9 Å². The minimum absolute atomic E-state index is 0.515. The van der Waals surface area contributed by atoms with Gasteiger partial charge in [-0.15, -0.1) is 0 Å². The fraction of sp³-hybridized carbons (Fsp3) is 0.500. The van der Waals surface area contributed by atoms with Crippen LogP contribution in [0.3, 0.4) is 0 Å². The van der Waals surface area contributed by atoms with E-state index in [4.69, 9.17) is 4.99 Å². The number of aliphatic imine (C=N–C) groups is 1. The van der Waals surface area contributed by atoms with E-state index in [1.807, 2.05) is 0 Å². The molecule has 0 N–H and O–H groups in total. The van der Waals surface area contributed by atoms with Crippen LogP contribution in [0.1, 0.15) is 50.7 Å². The Kier molecular flexibility index (Phi) is 5.11. The summed E-state index contributed by atoms with van der Waals surface area (Å²) in [5.74, 6) is 0.515. The molecule has 1 nitrogen and oxygen atoms in total. The number of aryl methyl sites for hydroxylation is 1. The lowest BCUT2D eigenvalue weighted by Gasteiger charge is -2.18. The van der Waals surface area contributed by atoms with Gasteiger partial charge < -0.3 is 0 Å². The second kappa shape index (κ2) is 6.83. The van der Waals surface area contributed by atoms with Gasteiger partial charge in [0.25, 0.3) is 0 Å². The molecule has 0 spiro atoms. The van der Waals surface area contributed by atoms with E-state index < -0.39 is 6.17 Å². The standard InChI is InChI=1S/C18H24FN/c1-13-7-9-16(10-8-13)18-12-14(2)11-17(20-18)6-4-5-15(3)19/h7-10,12,14-15H,4-6,11H2,1-3H3. The molecule has 1 aliphatic rings. The van der Waals surface area contributed by atoms with Crippen molar-refractivity contribution < 1.29 is 4.39 Å². The summed E-state index contributed by atoms with van der Waals surface area (Å²) in [4.78, 5) is 4.78. The average molecular weight is 273 g/mol. The maximum Gasteiger partial charge on any atom is 0.0973 e. The van der Waals surface area contributed by atoms with Crippen LogP contribution in [-0.2, 0) is 0 Å². The van der Waals surface area contributed by atoms with Crippen molar-refractivity contribution in [3.05, 3.63) is 41.5 Å². The molecule has 20 heavy (non-hydrogen) atoms. The third kappa shape index (κ3) is 4.29. The first kappa shape index (κ1) is 15.0. The fourth-order valence-electron chi connectivity index (χ4n) is 2.58. The predicted molar refractivity (Wildman–Crippen MR) is 84.8 cm³/mol. The molecule has 1 aromatic rings. The highest BCUT2D eigenvalue weighted by molar-refractivity contribution is 5.92. The van der Waals surface area contributed by atoms with Crippen LogP contribution in [0, 0.1) is 12.8 Å². The highest BCUT2D eigenvalue weighted by Gasteiger charge is 2.14. The SMILES string of the molecule is Cc1ccc(C2=CC(C)CC(CCCC(C)F)=N2)cc1. The quantitative estimate of drug-likeness (QED) is 0.686. The summed E-state index contributed by atoms with van der Waals surface area (Å²) < 4.78 is 12.9. The highest BCUT2D eigenvalue weighted by Crippen LogP contribution is 2.26. The summed E-state index contributed by atoms with van der Waals surface area (Å²) in [6.45, 7) is 5.94. The Labute approximate surface area is 121 Å². The Hall–Kier alpha value is -1.44. The van der Waals surface area contributed by atoms with Crippen molar-refractivity contribution in [2.45, 2.75) is 52.6 Å². The number of nitrogens with zero attached hydrogens (tertiary/aromatic N) is 1. The molecule has 2 unspecified atom stereocenters. The second-order valence-electron chi connectivity index (χ2n) is 5.95. The van der Waals surface area contributed by atoms with Crippen LogP contribution >= 0.6 is 0 Å². The third-order valence-corrected chi connectivity index (χ3v) is 3.69. The van der Waals surface area contributed by atoms with E-state index in [0.717, 1.165) is 25.0 Å². The van der Waals surface area contributed by atoms with Crippen molar-refractivity contribution in [1.82, 2.24) is 0 Å². The van der Waals surface area contributed by atoms with Gasteiger partial charge in [-0.1, -0.05) is 42.8 Å². The zero-order valence-corrected chi connectivity index (χ0v) is 12.7. The van der Waals surface area contributed by atoms with Gasteiger partial charge in [-0.05, 0) is 51.0 Å². The molecule has 0 fully saturated rings. The van der Waals surface area contributed by atoms with Crippen LogP contribution in [0.2, 0.25) is 0 Å². The number of hydrogen-bond acceptors (Lipinski definition) is 1. The van der Waals surface area contributed by atoms with Crippen molar-refractivity contribution in [2.75, 3.05) is 0 Å². The summed E-state index contributed by atoms with van der Waals surface area (Å²) >= 11 is 0. The molecule has 2 atom stereocenters. The van der Waals surface area contributed by atoms with Crippen molar-refractivity contribution in [3.63, 3.8) is 0 Å². The molecule has 0 aromatic heterocycles. The maximum atomic E-state index is 12.9. The fourth-order valence-corrected chi connectivity index (χ4v) is 2.58. The van der Waals surface area contributed by atoms with Crippen molar-refractivity contribution in [2.24, 2.45) is 10.9 Å². The van der Waals surface area contributed by atoms with E-state index in [9.17, 15) is 4.39 Å². The predicted octanol–water partition coefficient (Wildman–Crippen LogP) is 5.35. The van der Waals surface area contributed by atoms with Gasteiger partial charge >= 0.3 is 0 Å². The van der Waals surface area contributed by atoms with Crippen LogP contribution in [-0.4, -0.2) is 11.9 Å². The number of allylic oxidation sites excluding steroid dienone is 1. The molecular formula is C18H24FN. The van der Waals surface area contributed by atoms with Crippen molar-refractivity contribution >= 4 is 11.4 Å². The number of alkyl halides is 1. The number of benzene rings is 1. The first-order valence-corrected chi connectivity index (χ1v) is 7.54. The topological polar surface area (TPSA) is 12.4 Å². The van der Waals surface area contributed by atoms with E-state index in [1.54, 1.807) is 6.92 Å². The van der Waals surface area contributed by atoms with Crippen molar-refractivity contribution in [1.29, 1.82) is 0 Å². The molecule has 1 aromatic carbocycles. The molecule has 1 aliphatic heterocycles. The monoisotopic (exact) mass is 273 g/mol.